The molecular weight excluding hydrogens is 146 g/mol. The van der Waals surface area contributed by atoms with E-state index in [4.69, 9.17) is 6.57 Å². The van der Waals surface area contributed by atoms with Gasteiger partial charge in [0, 0.05) is 0 Å². The summed E-state index contributed by atoms with van der Waals surface area (Å²) in [6, 6.07) is 5.88. The average molecular weight is 159 g/mol. The van der Waals surface area contributed by atoms with E-state index in [0.29, 0.717) is 5.92 Å². The quantitative estimate of drug-likeness (QED) is 0.551. The predicted octanol–water partition coefficient (Wildman–Crippen LogP) is 3.67. The molecule has 12 heavy (non-hydrogen) atoms. The van der Waals surface area contributed by atoms with Gasteiger partial charge in [0.2, 0.25) is 0 Å². The van der Waals surface area contributed by atoms with Crippen LogP contribution in [0.3, 0.4) is 0 Å². The number of benzene rings is 1. The van der Waals surface area contributed by atoms with Crippen LogP contribution < -0.4 is 0 Å². The first-order chi connectivity index (χ1) is 5.65. The maximum Gasteiger partial charge on any atom is 0.187 e. The van der Waals surface area contributed by atoms with Gasteiger partial charge in [-0.2, -0.15) is 0 Å². The minimum atomic E-state index is 0.546. The Kier molecular flexibility index (Phi) is 2.50. The standard InChI is InChI=1S/C11H13N/c1-8(2)11-6-5-10(12-4)7-9(11)3/h5-8H,1-3H3. The van der Waals surface area contributed by atoms with Crippen LogP contribution in [0, 0.1) is 13.5 Å². The van der Waals surface area contributed by atoms with E-state index in [1.165, 1.54) is 11.1 Å². The monoisotopic (exact) mass is 159 g/mol. The number of aryl methyl sites for hydroxylation is 1. The van der Waals surface area contributed by atoms with Crippen molar-refractivity contribution < 1.29 is 0 Å². The Labute approximate surface area is 73.9 Å². The fraction of sp³-hybridized carbons (Fsp3) is 0.364. The lowest BCUT2D eigenvalue weighted by Gasteiger charge is -2.08. The molecule has 0 amide bonds. The van der Waals surface area contributed by atoms with Crippen molar-refractivity contribution in [2.75, 3.05) is 0 Å². The zero-order chi connectivity index (χ0) is 9.14. The molecule has 0 heterocycles. The third-order valence-corrected chi connectivity index (χ3v) is 2.00. The zero-order valence-corrected chi connectivity index (χ0v) is 7.76. The molecule has 1 rings (SSSR count). The molecule has 1 nitrogen and oxygen atoms in total. The predicted molar refractivity (Wildman–Crippen MR) is 51.5 cm³/mol. The molecule has 0 spiro atoms. The van der Waals surface area contributed by atoms with Gasteiger partial charge in [0.15, 0.2) is 5.69 Å². The lowest BCUT2D eigenvalue weighted by molar-refractivity contribution is 0.857. The fourth-order valence-electron chi connectivity index (χ4n) is 1.38. The van der Waals surface area contributed by atoms with Crippen LogP contribution in [-0.4, -0.2) is 0 Å². The first-order valence-electron chi connectivity index (χ1n) is 4.13. The highest BCUT2D eigenvalue weighted by Crippen LogP contribution is 2.23. The van der Waals surface area contributed by atoms with Crippen LogP contribution in [0.25, 0.3) is 4.85 Å². The average Bonchev–Trinajstić information content (AvgIpc) is 2.03. The minimum absolute atomic E-state index is 0.546. The third kappa shape index (κ3) is 1.65. The van der Waals surface area contributed by atoms with E-state index >= 15 is 0 Å². The van der Waals surface area contributed by atoms with E-state index in [1.54, 1.807) is 0 Å². The van der Waals surface area contributed by atoms with Crippen LogP contribution in [0.5, 0.6) is 0 Å². The number of hydrogen-bond acceptors (Lipinski definition) is 0. The topological polar surface area (TPSA) is 4.36 Å². The molecule has 1 aromatic carbocycles. The Bertz CT molecular complexity index is 318. The highest BCUT2D eigenvalue weighted by Gasteiger charge is 2.02. The summed E-state index contributed by atoms with van der Waals surface area (Å²) in [7, 11) is 0. The van der Waals surface area contributed by atoms with Gasteiger partial charge >= 0.3 is 0 Å². The highest BCUT2D eigenvalue weighted by molar-refractivity contribution is 5.49. The molecule has 1 aromatic rings. The molecule has 0 saturated heterocycles. The normalized spacial score (nSPS) is 9.92. The van der Waals surface area contributed by atoms with E-state index in [0.717, 1.165) is 5.69 Å². The summed E-state index contributed by atoms with van der Waals surface area (Å²) in [4.78, 5) is 3.38. The van der Waals surface area contributed by atoms with Crippen molar-refractivity contribution >= 4 is 5.69 Å². The summed E-state index contributed by atoms with van der Waals surface area (Å²) in [5.74, 6) is 0.546. The van der Waals surface area contributed by atoms with Crippen LogP contribution in [0.1, 0.15) is 30.9 Å². The van der Waals surface area contributed by atoms with Gasteiger partial charge in [0.05, 0.1) is 6.57 Å². The molecule has 0 radical (unpaired) electrons. The lowest BCUT2D eigenvalue weighted by atomic mass is 9.98. The summed E-state index contributed by atoms with van der Waals surface area (Å²) >= 11 is 0. The van der Waals surface area contributed by atoms with Crippen molar-refractivity contribution in [2.45, 2.75) is 26.7 Å². The molecule has 0 aliphatic rings. The van der Waals surface area contributed by atoms with Crippen molar-refractivity contribution in [3.8, 4) is 0 Å². The summed E-state index contributed by atoms with van der Waals surface area (Å²) in [6.07, 6.45) is 0. The second-order valence-corrected chi connectivity index (χ2v) is 3.31. The highest BCUT2D eigenvalue weighted by atomic mass is 14.6. The van der Waals surface area contributed by atoms with Gasteiger partial charge in [0.1, 0.15) is 0 Å². The van der Waals surface area contributed by atoms with Crippen LogP contribution in [0.2, 0.25) is 0 Å². The molecule has 0 N–H and O–H groups in total. The number of nitrogens with zero attached hydrogens (tertiary/aromatic N) is 1. The molecule has 0 aliphatic carbocycles. The van der Waals surface area contributed by atoms with E-state index in [2.05, 4.69) is 25.6 Å². The summed E-state index contributed by atoms with van der Waals surface area (Å²) in [5, 5.41) is 0. The third-order valence-electron chi connectivity index (χ3n) is 2.00. The first kappa shape index (κ1) is 8.80. The lowest BCUT2D eigenvalue weighted by Crippen LogP contribution is -1.90. The van der Waals surface area contributed by atoms with Crippen LogP contribution in [-0.2, 0) is 0 Å². The van der Waals surface area contributed by atoms with Crippen molar-refractivity contribution in [3.63, 3.8) is 0 Å². The van der Waals surface area contributed by atoms with Crippen LogP contribution in [0.4, 0.5) is 5.69 Å². The molecule has 62 valence electrons. The SMILES string of the molecule is [C-]#[N+]c1ccc(C(C)C)c(C)c1. The van der Waals surface area contributed by atoms with Gasteiger partial charge < -0.3 is 0 Å². The first-order valence-corrected chi connectivity index (χ1v) is 4.13. The van der Waals surface area contributed by atoms with E-state index < -0.39 is 0 Å². The summed E-state index contributed by atoms with van der Waals surface area (Å²) < 4.78 is 0. The Hall–Kier alpha value is -1.29. The van der Waals surface area contributed by atoms with Crippen molar-refractivity contribution in [1.82, 2.24) is 0 Å². The van der Waals surface area contributed by atoms with Gasteiger partial charge in [-0.05, 0) is 18.4 Å². The van der Waals surface area contributed by atoms with E-state index in [-0.39, 0.29) is 0 Å². The fourth-order valence-corrected chi connectivity index (χ4v) is 1.38. The van der Waals surface area contributed by atoms with Crippen molar-refractivity contribution in [2.24, 2.45) is 0 Å². The van der Waals surface area contributed by atoms with Gasteiger partial charge in [-0.25, -0.2) is 4.85 Å². The molecule has 0 saturated carbocycles. The maximum absolute atomic E-state index is 6.84. The molecule has 0 unspecified atom stereocenters. The van der Waals surface area contributed by atoms with Gasteiger partial charge in [-0.1, -0.05) is 37.6 Å². The summed E-state index contributed by atoms with van der Waals surface area (Å²) in [6.45, 7) is 13.2. The van der Waals surface area contributed by atoms with Crippen LogP contribution in [0.15, 0.2) is 18.2 Å². The van der Waals surface area contributed by atoms with Crippen LogP contribution >= 0.6 is 0 Å². The second kappa shape index (κ2) is 3.40. The molecule has 0 atom stereocenters. The minimum Gasteiger partial charge on any atom is -0.238 e. The van der Waals surface area contributed by atoms with Gasteiger partial charge in [0.25, 0.3) is 0 Å². The Balaban J connectivity index is 3.14. The van der Waals surface area contributed by atoms with Crippen molar-refractivity contribution in [1.29, 1.82) is 0 Å². The molecule has 1 heteroatoms. The molecule has 0 fully saturated rings. The Morgan fingerprint density at radius 2 is 2.00 bits per heavy atom. The van der Waals surface area contributed by atoms with Crippen molar-refractivity contribution in [3.05, 3.63) is 40.7 Å². The molecule has 0 aliphatic heterocycles. The zero-order valence-electron chi connectivity index (χ0n) is 7.76. The maximum atomic E-state index is 6.84. The molecular formula is C11H13N. The van der Waals surface area contributed by atoms with Gasteiger partial charge in [-0.3, -0.25) is 0 Å². The van der Waals surface area contributed by atoms with E-state index in [9.17, 15) is 0 Å². The van der Waals surface area contributed by atoms with E-state index in [1.807, 2.05) is 18.2 Å². The Morgan fingerprint density at radius 3 is 2.42 bits per heavy atom. The smallest absolute Gasteiger partial charge is 0.187 e. The van der Waals surface area contributed by atoms with Gasteiger partial charge in [-0.15, -0.1) is 0 Å². The number of rotatable bonds is 1. The summed E-state index contributed by atoms with van der Waals surface area (Å²) in [5.41, 5.74) is 3.29. The second-order valence-electron chi connectivity index (χ2n) is 3.31. The number of hydrogen-bond donors (Lipinski definition) is 0. The largest absolute Gasteiger partial charge is 0.238 e. The molecule has 0 bridgehead atoms. The molecule has 0 aromatic heterocycles. The Morgan fingerprint density at radius 1 is 1.33 bits per heavy atom.